The van der Waals surface area contributed by atoms with Crippen LogP contribution in [0.3, 0.4) is 0 Å². The van der Waals surface area contributed by atoms with Gasteiger partial charge in [-0.25, -0.2) is 4.98 Å². The Morgan fingerprint density at radius 2 is 2.29 bits per heavy atom. The molecule has 8 heteroatoms. The molecule has 0 fully saturated rings. The fraction of sp³-hybridized carbons (Fsp3) is 0.154. The van der Waals surface area contributed by atoms with E-state index in [0.717, 1.165) is 5.56 Å². The molecule has 1 aromatic carbocycles. The maximum absolute atomic E-state index is 11.2. The Labute approximate surface area is 120 Å². The lowest BCUT2D eigenvalue weighted by Gasteiger charge is -2.00. The molecule has 106 valence electrons. The highest BCUT2D eigenvalue weighted by Gasteiger charge is 2.10. The number of nitrogens with zero attached hydrogens (tertiary/aromatic N) is 5. The van der Waals surface area contributed by atoms with E-state index in [2.05, 4.69) is 25.5 Å². The minimum Gasteiger partial charge on any atom is -0.366 e. The standard InChI is InChI=1S/C13H13N7O/c1-20-7-10(16-19-20)13-15-11(17-18-13)6-8-3-2-4-9(5-8)12(14)21/h2-5,7H,6H2,1H3,(H2,14,21)(H,15,17,18). The molecule has 1 amide bonds. The Kier molecular flexibility index (Phi) is 3.19. The highest BCUT2D eigenvalue weighted by atomic mass is 16.1. The molecule has 0 atom stereocenters. The number of rotatable bonds is 4. The first-order valence-electron chi connectivity index (χ1n) is 6.28. The van der Waals surface area contributed by atoms with Gasteiger partial charge in [0.15, 0.2) is 5.69 Å². The number of primary amides is 1. The van der Waals surface area contributed by atoms with E-state index in [1.165, 1.54) is 0 Å². The number of carbonyl (C=O) groups excluding carboxylic acids is 1. The van der Waals surface area contributed by atoms with E-state index in [-0.39, 0.29) is 0 Å². The van der Waals surface area contributed by atoms with Crippen molar-refractivity contribution in [3.05, 3.63) is 47.4 Å². The molecule has 0 radical (unpaired) electrons. The van der Waals surface area contributed by atoms with E-state index in [0.29, 0.717) is 29.3 Å². The van der Waals surface area contributed by atoms with Crippen molar-refractivity contribution in [2.24, 2.45) is 12.8 Å². The monoisotopic (exact) mass is 283 g/mol. The maximum Gasteiger partial charge on any atom is 0.248 e. The van der Waals surface area contributed by atoms with Gasteiger partial charge in [-0.1, -0.05) is 17.3 Å². The summed E-state index contributed by atoms with van der Waals surface area (Å²) in [5, 5.41) is 14.8. The van der Waals surface area contributed by atoms with Crippen molar-refractivity contribution in [3.63, 3.8) is 0 Å². The lowest BCUT2D eigenvalue weighted by atomic mass is 10.1. The highest BCUT2D eigenvalue weighted by molar-refractivity contribution is 5.92. The number of hydrogen-bond donors (Lipinski definition) is 2. The van der Waals surface area contributed by atoms with Gasteiger partial charge in [-0.15, -0.1) is 5.10 Å². The van der Waals surface area contributed by atoms with Crippen LogP contribution in [0.5, 0.6) is 0 Å². The zero-order valence-corrected chi connectivity index (χ0v) is 11.3. The van der Waals surface area contributed by atoms with Gasteiger partial charge in [-0.05, 0) is 17.7 Å². The van der Waals surface area contributed by atoms with E-state index in [1.807, 2.05) is 6.07 Å². The normalized spacial score (nSPS) is 10.7. The van der Waals surface area contributed by atoms with Crippen molar-refractivity contribution >= 4 is 5.91 Å². The average molecular weight is 283 g/mol. The molecule has 2 aromatic heterocycles. The van der Waals surface area contributed by atoms with E-state index >= 15 is 0 Å². The lowest BCUT2D eigenvalue weighted by Crippen LogP contribution is -2.11. The summed E-state index contributed by atoms with van der Waals surface area (Å²) in [6.45, 7) is 0. The first kappa shape index (κ1) is 13.0. The van der Waals surface area contributed by atoms with E-state index in [9.17, 15) is 4.79 Å². The molecular weight excluding hydrogens is 270 g/mol. The molecule has 0 aliphatic heterocycles. The summed E-state index contributed by atoms with van der Waals surface area (Å²) in [6.07, 6.45) is 2.26. The van der Waals surface area contributed by atoms with Crippen LogP contribution in [-0.2, 0) is 13.5 Å². The summed E-state index contributed by atoms with van der Waals surface area (Å²) < 4.78 is 1.59. The second kappa shape index (κ2) is 5.16. The smallest absolute Gasteiger partial charge is 0.248 e. The number of nitrogens with one attached hydrogen (secondary N) is 1. The van der Waals surface area contributed by atoms with Crippen LogP contribution in [0.15, 0.2) is 30.5 Å². The Balaban J connectivity index is 1.81. The molecule has 3 N–H and O–H groups in total. The van der Waals surface area contributed by atoms with E-state index in [4.69, 9.17) is 5.73 Å². The fourth-order valence-corrected chi connectivity index (χ4v) is 1.97. The summed E-state index contributed by atoms with van der Waals surface area (Å²) >= 11 is 0. The number of nitrogens with two attached hydrogens (primary N) is 1. The molecule has 0 spiro atoms. The summed E-state index contributed by atoms with van der Waals surface area (Å²) in [4.78, 5) is 15.5. The summed E-state index contributed by atoms with van der Waals surface area (Å²) in [5.74, 6) is 0.719. The zero-order valence-electron chi connectivity index (χ0n) is 11.3. The maximum atomic E-state index is 11.2. The Morgan fingerprint density at radius 3 is 3.00 bits per heavy atom. The molecule has 2 heterocycles. The minimum atomic E-state index is -0.449. The van der Waals surface area contributed by atoms with Crippen LogP contribution in [0.4, 0.5) is 0 Å². The molecular formula is C13H13N7O. The summed E-state index contributed by atoms with van der Waals surface area (Å²) in [5.41, 5.74) is 7.27. The quantitative estimate of drug-likeness (QED) is 0.714. The lowest BCUT2D eigenvalue weighted by molar-refractivity contribution is 0.1000. The van der Waals surface area contributed by atoms with Gasteiger partial charge in [0.25, 0.3) is 0 Å². The van der Waals surface area contributed by atoms with Crippen LogP contribution < -0.4 is 5.73 Å². The Morgan fingerprint density at radius 1 is 1.43 bits per heavy atom. The number of amides is 1. The average Bonchev–Trinajstić information content (AvgIpc) is 3.08. The van der Waals surface area contributed by atoms with Crippen LogP contribution in [-0.4, -0.2) is 36.1 Å². The number of H-pyrrole nitrogens is 1. The van der Waals surface area contributed by atoms with Gasteiger partial charge in [0.05, 0.1) is 6.20 Å². The van der Waals surface area contributed by atoms with Crippen molar-refractivity contribution in [2.75, 3.05) is 0 Å². The van der Waals surface area contributed by atoms with Crippen molar-refractivity contribution in [2.45, 2.75) is 6.42 Å². The molecule has 0 saturated carbocycles. The van der Waals surface area contributed by atoms with Gasteiger partial charge in [0.1, 0.15) is 5.82 Å². The third-order valence-electron chi connectivity index (χ3n) is 2.95. The SMILES string of the molecule is Cn1cc(-c2n[nH]c(Cc3cccc(C(N)=O)c3)n2)nn1. The van der Waals surface area contributed by atoms with Crippen molar-refractivity contribution < 1.29 is 4.79 Å². The number of aromatic nitrogens is 6. The molecule has 3 rings (SSSR count). The molecule has 0 saturated heterocycles. The van der Waals surface area contributed by atoms with Crippen LogP contribution >= 0.6 is 0 Å². The zero-order chi connectivity index (χ0) is 14.8. The number of carbonyl (C=O) groups is 1. The summed E-state index contributed by atoms with van der Waals surface area (Å²) in [6, 6.07) is 7.11. The van der Waals surface area contributed by atoms with Gasteiger partial charge in [-0.2, -0.15) is 5.10 Å². The molecule has 0 aliphatic rings. The second-order valence-electron chi connectivity index (χ2n) is 4.62. The molecule has 0 bridgehead atoms. The third-order valence-corrected chi connectivity index (χ3v) is 2.95. The van der Waals surface area contributed by atoms with Crippen LogP contribution in [0.2, 0.25) is 0 Å². The first-order chi connectivity index (χ1) is 10.1. The van der Waals surface area contributed by atoms with Gasteiger partial charge < -0.3 is 5.73 Å². The molecule has 0 unspecified atom stereocenters. The van der Waals surface area contributed by atoms with Crippen molar-refractivity contribution in [3.8, 4) is 11.5 Å². The van der Waals surface area contributed by atoms with Gasteiger partial charge in [-0.3, -0.25) is 14.6 Å². The Bertz CT molecular complexity index is 789. The largest absolute Gasteiger partial charge is 0.366 e. The topological polar surface area (TPSA) is 115 Å². The number of hydrogen-bond acceptors (Lipinski definition) is 5. The van der Waals surface area contributed by atoms with Crippen LogP contribution in [0, 0.1) is 0 Å². The van der Waals surface area contributed by atoms with Gasteiger partial charge in [0.2, 0.25) is 11.7 Å². The second-order valence-corrected chi connectivity index (χ2v) is 4.62. The first-order valence-corrected chi connectivity index (χ1v) is 6.28. The molecule has 3 aromatic rings. The molecule has 21 heavy (non-hydrogen) atoms. The van der Waals surface area contributed by atoms with Crippen LogP contribution in [0.25, 0.3) is 11.5 Å². The fourth-order valence-electron chi connectivity index (χ4n) is 1.97. The van der Waals surface area contributed by atoms with E-state index < -0.39 is 5.91 Å². The summed E-state index contributed by atoms with van der Waals surface area (Å²) in [7, 11) is 1.78. The highest BCUT2D eigenvalue weighted by Crippen LogP contribution is 2.13. The molecule has 8 nitrogen and oxygen atoms in total. The predicted octanol–water partition coefficient (Wildman–Crippen LogP) is 0.290. The van der Waals surface area contributed by atoms with Crippen molar-refractivity contribution in [1.82, 2.24) is 30.2 Å². The number of aromatic amines is 1. The number of benzene rings is 1. The number of aryl methyl sites for hydroxylation is 1. The molecule has 0 aliphatic carbocycles. The van der Waals surface area contributed by atoms with Crippen LogP contribution in [0.1, 0.15) is 21.7 Å². The predicted molar refractivity (Wildman–Crippen MR) is 74.1 cm³/mol. The van der Waals surface area contributed by atoms with Gasteiger partial charge in [0, 0.05) is 19.0 Å². The Hall–Kier alpha value is -3.03. The minimum absolute atomic E-state index is 0.449. The van der Waals surface area contributed by atoms with Crippen molar-refractivity contribution in [1.29, 1.82) is 0 Å². The van der Waals surface area contributed by atoms with E-state index in [1.54, 1.807) is 36.1 Å². The van der Waals surface area contributed by atoms with Gasteiger partial charge >= 0.3 is 0 Å². The third kappa shape index (κ3) is 2.78.